The van der Waals surface area contributed by atoms with E-state index in [0.717, 1.165) is 17.5 Å². The predicted octanol–water partition coefficient (Wildman–Crippen LogP) is 3.56. The molecule has 4 nitrogen and oxygen atoms in total. The van der Waals surface area contributed by atoms with Crippen molar-refractivity contribution in [3.05, 3.63) is 70.2 Å². The second-order valence-corrected chi connectivity index (χ2v) is 8.11. The first-order chi connectivity index (χ1) is 13.0. The lowest BCUT2D eigenvalue weighted by Crippen LogP contribution is -2.58. The van der Waals surface area contributed by atoms with E-state index in [1.807, 2.05) is 24.3 Å². The maximum Gasteiger partial charge on any atom is 0.235 e. The molecular formula is C22H22ClNO3. The van der Waals surface area contributed by atoms with E-state index in [4.69, 9.17) is 16.3 Å². The van der Waals surface area contributed by atoms with Gasteiger partial charge in [0, 0.05) is 23.0 Å². The van der Waals surface area contributed by atoms with Crippen molar-refractivity contribution in [2.75, 3.05) is 13.2 Å². The van der Waals surface area contributed by atoms with Gasteiger partial charge in [0.25, 0.3) is 0 Å². The summed E-state index contributed by atoms with van der Waals surface area (Å²) >= 11 is 5.96. The van der Waals surface area contributed by atoms with Gasteiger partial charge < -0.3 is 10.1 Å². The number of hydrogen-bond donors (Lipinski definition) is 1. The number of Topliss-reactive ketones (excluding diaryl/α,β-unsaturated/α-hetero) is 1. The van der Waals surface area contributed by atoms with Crippen molar-refractivity contribution in [2.45, 2.75) is 31.2 Å². The van der Waals surface area contributed by atoms with Crippen LogP contribution in [0, 0.1) is 5.92 Å². The Morgan fingerprint density at radius 1 is 1.19 bits per heavy atom. The number of ether oxygens (including phenoxy) is 1. The maximum atomic E-state index is 12.8. The minimum atomic E-state index is -0.599. The number of rotatable bonds is 6. The monoisotopic (exact) mass is 383 g/mol. The summed E-state index contributed by atoms with van der Waals surface area (Å²) in [5, 5.41) is 3.69. The zero-order chi connectivity index (χ0) is 19.0. The molecule has 2 aliphatic rings. The smallest absolute Gasteiger partial charge is 0.235 e. The topological polar surface area (TPSA) is 55.4 Å². The van der Waals surface area contributed by atoms with Crippen molar-refractivity contribution in [2.24, 2.45) is 5.92 Å². The summed E-state index contributed by atoms with van der Waals surface area (Å²) in [5.74, 6) is 0.630. The summed E-state index contributed by atoms with van der Waals surface area (Å²) in [5.41, 5.74) is 1.86. The molecule has 27 heavy (non-hydrogen) atoms. The zero-order valence-corrected chi connectivity index (χ0v) is 16.0. The zero-order valence-electron chi connectivity index (χ0n) is 15.2. The highest BCUT2D eigenvalue weighted by Gasteiger charge is 2.49. The van der Waals surface area contributed by atoms with Crippen molar-refractivity contribution in [1.29, 1.82) is 0 Å². The standard InChI is InChI=1S/C22H22ClNO3/c1-14-9-19(14)24-21(26)22(12-27-13-22)17-7-5-15(6-8-17)10-20(25)16-3-2-4-18(23)11-16/h2-8,11,14,19H,9-10,12-13H2,1H3,(H,24,26). The van der Waals surface area contributed by atoms with Crippen molar-refractivity contribution in [3.63, 3.8) is 0 Å². The third-order valence-electron chi connectivity index (χ3n) is 5.58. The van der Waals surface area contributed by atoms with Crippen LogP contribution in [0.4, 0.5) is 0 Å². The average molecular weight is 384 g/mol. The molecule has 1 N–H and O–H groups in total. The van der Waals surface area contributed by atoms with Crippen LogP contribution in [0.5, 0.6) is 0 Å². The number of carbonyl (C=O) groups excluding carboxylic acids is 2. The molecule has 2 aromatic carbocycles. The van der Waals surface area contributed by atoms with Gasteiger partial charge in [0.15, 0.2) is 5.78 Å². The molecule has 2 fully saturated rings. The van der Waals surface area contributed by atoms with Crippen LogP contribution < -0.4 is 5.32 Å². The molecule has 5 heteroatoms. The lowest BCUT2D eigenvalue weighted by molar-refractivity contribution is -0.145. The molecule has 2 unspecified atom stereocenters. The number of ketones is 1. The van der Waals surface area contributed by atoms with E-state index in [1.165, 1.54) is 0 Å². The van der Waals surface area contributed by atoms with Gasteiger partial charge >= 0.3 is 0 Å². The van der Waals surface area contributed by atoms with E-state index in [9.17, 15) is 9.59 Å². The Hall–Kier alpha value is -2.17. The van der Waals surface area contributed by atoms with Gasteiger partial charge in [0.2, 0.25) is 5.91 Å². The van der Waals surface area contributed by atoms with Gasteiger partial charge in [-0.1, -0.05) is 54.9 Å². The lowest BCUT2D eigenvalue weighted by Gasteiger charge is -2.40. The van der Waals surface area contributed by atoms with E-state index < -0.39 is 5.41 Å². The molecular weight excluding hydrogens is 362 g/mol. The molecule has 1 amide bonds. The van der Waals surface area contributed by atoms with Crippen LogP contribution in [0.3, 0.4) is 0 Å². The number of nitrogens with one attached hydrogen (secondary N) is 1. The fraction of sp³-hybridized carbons (Fsp3) is 0.364. The highest BCUT2D eigenvalue weighted by molar-refractivity contribution is 6.31. The number of amides is 1. The van der Waals surface area contributed by atoms with Crippen molar-refractivity contribution < 1.29 is 14.3 Å². The van der Waals surface area contributed by atoms with E-state index in [0.29, 0.717) is 42.2 Å². The summed E-state index contributed by atoms with van der Waals surface area (Å²) in [6.07, 6.45) is 1.35. The highest BCUT2D eigenvalue weighted by atomic mass is 35.5. The third-order valence-corrected chi connectivity index (χ3v) is 5.81. The van der Waals surface area contributed by atoms with E-state index >= 15 is 0 Å². The molecule has 1 saturated heterocycles. The fourth-order valence-electron chi connectivity index (χ4n) is 3.46. The van der Waals surface area contributed by atoms with E-state index in [1.54, 1.807) is 24.3 Å². The Morgan fingerprint density at radius 2 is 1.89 bits per heavy atom. The predicted molar refractivity (Wildman–Crippen MR) is 104 cm³/mol. The molecule has 1 heterocycles. The molecule has 1 aliphatic carbocycles. The Balaban J connectivity index is 1.46. The van der Waals surface area contributed by atoms with Crippen LogP contribution in [0.2, 0.25) is 5.02 Å². The van der Waals surface area contributed by atoms with Crippen LogP contribution in [-0.2, 0) is 21.4 Å². The third kappa shape index (κ3) is 3.64. The molecule has 4 rings (SSSR count). The lowest BCUT2D eigenvalue weighted by atomic mass is 9.77. The number of halogens is 1. The summed E-state index contributed by atoms with van der Waals surface area (Å²) in [6.45, 7) is 2.95. The largest absolute Gasteiger partial charge is 0.378 e. The van der Waals surface area contributed by atoms with Gasteiger partial charge in [-0.2, -0.15) is 0 Å². The number of hydrogen-bond acceptors (Lipinski definition) is 3. The molecule has 0 aromatic heterocycles. The first kappa shape index (κ1) is 18.2. The molecule has 0 bridgehead atoms. The van der Waals surface area contributed by atoms with E-state index in [-0.39, 0.29) is 11.7 Å². The molecule has 1 aliphatic heterocycles. The normalized spacial score (nSPS) is 22.6. The van der Waals surface area contributed by atoms with Crippen molar-refractivity contribution in [1.82, 2.24) is 5.32 Å². The Morgan fingerprint density at radius 3 is 2.44 bits per heavy atom. The first-order valence-corrected chi connectivity index (χ1v) is 9.63. The highest BCUT2D eigenvalue weighted by Crippen LogP contribution is 2.36. The van der Waals surface area contributed by atoms with Gasteiger partial charge in [0.05, 0.1) is 13.2 Å². The van der Waals surface area contributed by atoms with Gasteiger partial charge in [0.1, 0.15) is 5.41 Å². The Labute approximate surface area is 163 Å². The van der Waals surface area contributed by atoms with Gasteiger partial charge in [-0.25, -0.2) is 0 Å². The molecule has 2 atom stereocenters. The fourth-order valence-corrected chi connectivity index (χ4v) is 3.65. The summed E-state index contributed by atoms with van der Waals surface area (Å²) in [7, 11) is 0. The Bertz CT molecular complexity index is 873. The minimum Gasteiger partial charge on any atom is -0.378 e. The SMILES string of the molecule is CC1CC1NC(=O)C1(c2ccc(CC(=O)c3cccc(Cl)c3)cc2)COC1. The second-order valence-electron chi connectivity index (χ2n) is 7.68. The molecule has 2 aromatic rings. The molecule has 0 spiro atoms. The van der Waals surface area contributed by atoms with Gasteiger partial charge in [-0.05, 0) is 35.6 Å². The maximum absolute atomic E-state index is 12.8. The van der Waals surface area contributed by atoms with Crippen LogP contribution in [0.25, 0.3) is 0 Å². The minimum absolute atomic E-state index is 0.0207. The van der Waals surface area contributed by atoms with Crippen molar-refractivity contribution in [3.8, 4) is 0 Å². The summed E-state index contributed by atoms with van der Waals surface area (Å²) in [6, 6.07) is 15.0. The van der Waals surface area contributed by atoms with E-state index in [2.05, 4.69) is 12.2 Å². The Kier molecular flexibility index (Phi) is 4.79. The average Bonchev–Trinajstić information content (AvgIpc) is 3.30. The summed E-state index contributed by atoms with van der Waals surface area (Å²) < 4.78 is 5.38. The van der Waals surface area contributed by atoms with Crippen LogP contribution in [-0.4, -0.2) is 30.9 Å². The van der Waals surface area contributed by atoms with Crippen molar-refractivity contribution >= 4 is 23.3 Å². The molecule has 0 radical (unpaired) electrons. The molecule has 140 valence electrons. The van der Waals surface area contributed by atoms with Crippen LogP contribution in [0.15, 0.2) is 48.5 Å². The van der Waals surface area contributed by atoms with Gasteiger partial charge in [-0.15, -0.1) is 0 Å². The van der Waals surface area contributed by atoms with Gasteiger partial charge in [-0.3, -0.25) is 9.59 Å². The second kappa shape index (κ2) is 7.10. The van der Waals surface area contributed by atoms with Crippen LogP contribution in [0.1, 0.15) is 34.8 Å². The summed E-state index contributed by atoms with van der Waals surface area (Å²) in [4.78, 5) is 25.2. The van der Waals surface area contributed by atoms with Crippen LogP contribution >= 0.6 is 11.6 Å². The number of carbonyl (C=O) groups is 2. The first-order valence-electron chi connectivity index (χ1n) is 9.25. The number of benzene rings is 2. The quantitative estimate of drug-likeness (QED) is 0.776. The molecule has 1 saturated carbocycles.